The van der Waals surface area contributed by atoms with E-state index in [2.05, 4.69) is 10.3 Å². The molecular formula is C6H8Cl2N2S. The number of halogens is 2. The first-order valence-corrected chi connectivity index (χ1v) is 4.90. The van der Waals surface area contributed by atoms with Crippen LogP contribution in [0.5, 0.6) is 0 Å². The third-order valence-corrected chi connectivity index (χ3v) is 2.17. The number of hydrogen-bond donors (Lipinski definition) is 1. The fourth-order valence-corrected chi connectivity index (χ4v) is 1.42. The Labute approximate surface area is 79.5 Å². The molecule has 0 unspecified atom stereocenters. The number of nitrogens with one attached hydrogen (secondary N) is 1. The van der Waals surface area contributed by atoms with Crippen LogP contribution >= 0.6 is 34.5 Å². The highest BCUT2D eigenvalue weighted by Crippen LogP contribution is 2.05. The van der Waals surface area contributed by atoms with Gasteiger partial charge in [0.2, 0.25) is 0 Å². The van der Waals surface area contributed by atoms with Crippen molar-refractivity contribution >= 4 is 34.5 Å². The van der Waals surface area contributed by atoms with Crippen LogP contribution in [-0.2, 0) is 6.54 Å². The summed E-state index contributed by atoms with van der Waals surface area (Å²) in [5.41, 5.74) is 1.80. The van der Waals surface area contributed by atoms with Gasteiger partial charge in [0, 0.05) is 24.2 Å². The number of hydrogen-bond acceptors (Lipinski definition) is 3. The molecule has 11 heavy (non-hydrogen) atoms. The summed E-state index contributed by atoms with van der Waals surface area (Å²) in [6.45, 7) is 1.40. The lowest BCUT2D eigenvalue weighted by Gasteiger charge is -2.01. The minimum Gasteiger partial charge on any atom is -0.309 e. The molecule has 0 radical (unpaired) electrons. The lowest BCUT2D eigenvalue weighted by atomic mass is 10.5. The molecule has 0 bridgehead atoms. The van der Waals surface area contributed by atoms with Crippen molar-refractivity contribution in [2.24, 2.45) is 0 Å². The standard InChI is InChI=1S/C6H8Cl2N2S/c7-6(8)3-9-1-5-2-10-4-11-5/h2,4,6,9H,1,3H2. The van der Waals surface area contributed by atoms with Gasteiger partial charge < -0.3 is 5.32 Å². The Kier molecular flexibility index (Phi) is 4.15. The molecule has 0 aliphatic rings. The maximum atomic E-state index is 5.51. The van der Waals surface area contributed by atoms with E-state index >= 15 is 0 Å². The molecule has 5 heteroatoms. The maximum absolute atomic E-state index is 5.51. The van der Waals surface area contributed by atoms with E-state index in [0.29, 0.717) is 6.54 Å². The van der Waals surface area contributed by atoms with Crippen molar-refractivity contribution in [2.45, 2.75) is 11.4 Å². The van der Waals surface area contributed by atoms with E-state index in [4.69, 9.17) is 23.2 Å². The minimum absolute atomic E-state index is 0.331. The largest absolute Gasteiger partial charge is 0.309 e. The van der Waals surface area contributed by atoms with Gasteiger partial charge in [-0.25, -0.2) is 0 Å². The predicted molar refractivity (Wildman–Crippen MR) is 49.3 cm³/mol. The monoisotopic (exact) mass is 210 g/mol. The first-order chi connectivity index (χ1) is 5.29. The van der Waals surface area contributed by atoms with E-state index in [9.17, 15) is 0 Å². The highest BCUT2D eigenvalue weighted by Gasteiger charge is 1.97. The molecule has 2 nitrogen and oxygen atoms in total. The average Bonchev–Trinajstić information content (AvgIpc) is 2.39. The van der Waals surface area contributed by atoms with E-state index in [1.165, 1.54) is 4.88 Å². The van der Waals surface area contributed by atoms with E-state index in [-0.39, 0.29) is 4.84 Å². The van der Waals surface area contributed by atoms with Gasteiger partial charge in [0.1, 0.15) is 4.84 Å². The van der Waals surface area contributed by atoms with E-state index in [1.54, 1.807) is 16.8 Å². The number of aromatic nitrogens is 1. The molecule has 1 N–H and O–H groups in total. The van der Waals surface area contributed by atoms with Crippen molar-refractivity contribution in [2.75, 3.05) is 6.54 Å². The van der Waals surface area contributed by atoms with Crippen LogP contribution in [0.3, 0.4) is 0 Å². The van der Waals surface area contributed by atoms with Crippen LogP contribution in [0.15, 0.2) is 11.7 Å². The first kappa shape index (κ1) is 9.26. The Balaban J connectivity index is 2.14. The summed E-state index contributed by atoms with van der Waals surface area (Å²) >= 11 is 12.6. The molecule has 0 aliphatic carbocycles. The lowest BCUT2D eigenvalue weighted by Crippen LogP contribution is -2.18. The zero-order valence-corrected chi connectivity index (χ0v) is 8.09. The molecule has 62 valence electrons. The summed E-state index contributed by atoms with van der Waals surface area (Å²) < 4.78 is 0. The summed E-state index contributed by atoms with van der Waals surface area (Å²) in [4.78, 5) is 4.80. The normalized spacial score (nSPS) is 10.8. The van der Waals surface area contributed by atoms with Crippen molar-refractivity contribution in [3.63, 3.8) is 0 Å². The molecule has 0 atom stereocenters. The molecule has 0 aromatic carbocycles. The van der Waals surface area contributed by atoms with Crippen LogP contribution in [-0.4, -0.2) is 16.4 Å². The van der Waals surface area contributed by atoms with E-state index in [0.717, 1.165) is 6.54 Å². The molecule has 1 aromatic heterocycles. The second-order valence-electron chi connectivity index (χ2n) is 1.99. The van der Waals surface area contributed by atoms with Gasteiger partial charge in [0.25, 0.3) is 0 Å². The van der Waals surface area contributed by atoms with Crippen LogP contribution in [0.25, 0.3) is 0 Å². The number of alkyl halides is 2. The zero-order chi connectivity index (χ0) is 8.10. The second-order valence-corrected chi connectivity index (χ2v) is 4.24. The summed E-state index contributed by atoms with van der Waals surface area (Å²) in [5.74, 6) is 0. The minimum atomic E-state index is -0.331. The van der Waals surface area contributed by atoms with Gasteiger partial charge in [0.15, 0.2) is 0 Å². The second kappa shape index (κ2) is 4.93. The van der Waals surface area contributed by atoms with Gasteiger partial charge in [-0.15, -0.1) is 34.5 Å². The number of rotatable bonds is 4. The Bertz CT molecular complexity index is 188. The molecule has 0 aliphatic heterocycles. The summed E-state index contributed by atoms with van der Waals surface area (Å²) in [7, 11) is 0. The maximum Gasteiger partial charge on any atom is 0.120 e. The van der Waals surface area contributed by atoms with Gasteiger partial charge in [-0.3, -0.25) is 4.98 Å². The molecule has 0 saturated carbocycles. The zero-order valence-electron chi connectivity index (χ0n) is 5.76. The Morgan fingerprint density at radius 3 is 3.00 bits per heavy atom. The van der Waals surface area contributed by atoms with E-state index < -0.39 is 0 Å². The molecule has 0 fully saturated rings. The van der Waals surface area contributed by atoms with Crippen molar-refractivity contribution in [3.8, 4) is 0 Å². The topological polar surface area (TPSA) is 24.9 Å². The Hall–Kier alpha value is 0.170. The Morgan fingerprint density at radius 1 is 1.64 bits per heavy atom. The van der Waals surface area contributed by atoms with Crippen LogP contribution in [0.4, 0.5) is 0 Å². The SMILES string of the molecule is ClC(Cl)CNCc1cncs1. The molecule has 1 aromatic rings. The van der Waals surface area contributed by atoms with Crippen molar-refractivity contribution in [1.29, 1.82) is 0 Å². The molecule has 1 heterocycles. The van der Waals surface area contributed by atoms with Crippen molar-refractivity contribution < 1.29 is 0 Å². The molecule has 1 rings (SSSR count). The van der Waals surface area contributed by atoms with Gasteiger partial charge in [-0.05, 0) is 0 Å². The van der Waals surface area contributed by atoms with Crippen LogP contribution < -0.4 is 5.32 Å². The fourth-order valence-electron chi connectivity index (χ4n) is 0.634. The third-order valence-electron chi connectivity index (χ3n) is 1.08. The number of nitrogens with zero attached hydrogens (tertiary/aromatic N) is 1. The smallest absolute Gasteiger partial charge is 0.120 e. The van der Waals surface area contributed by atoms with Crippen LogP contribution in [0.2, 0.25) is 0 Å². The van der Waals surface area contributed by atoms with Gasteiger partial charge in [-0.1, -0.05) is 0 Å². The Morgan fingerprint density at radius 2 is 2.45 bits per heavy atom. The number of thiazole rings is 1. The third kappa shape index (κ3) is 3.91. The fraction of sp³-hybridized carbons (Fsp3) is 0.500. The van der Waals surface area contributed by atoms with Crippen molar-refractivity contribution in [3.05, 3.63) is 16.6 Å². The lowest BCUT2D eigenvalue weighted by molar-refractivity contribution is 0.722. The summed E-state index contributed by atoms with van der Waals surface area (Å²) in [5, 5.41) is 3.09. The molecular weight excluding hydrogens is 203 g/mol. The molecule has 0 amide bonds. The summed E-state index contributed by atoms with van der Waals surface area (Å²) in [6.07, 6.45) is 1.83. The van der Waals surface area contributed by atoms with Gasteiger partial charge >= 0.3 is 0 Å². The highest BCUT2D eigenvalue weighted by molar-refractivity contribution is 7.09. The van der Waals surface area contributed by atoms with Crippen LogP contribution in [0.1, 0.15) is 4.88 Å². The molecule has 0 spiro atoms. The van der Waals surface area contributed by atoms with Crippen molar-refractivity contribution in [1.82, 2.24) is 10.3 Å². The van der Waals surface area contributed by atoms with Gasteiger partial charge in [-0.2, -0.15) is 0 Å². The summed E-state index contributed by atoms with van der Waals surface area (Å²) in [6, 6.07) is 0. The van der Waals surface area contributed by atoms with Gasteiger partial charge in [0.05, 0.1) is 5.51 Å². The molecule has 0 saturated heterocycles. The quantitative estimate of drug-likeness (QED) is 0.771. The highest BCUT2D eigenvalue weighted by atomic mass is 35.5. The first-order valence-electron chi connectivity index (χ1n) is 3.15. The average molecular weight is 211 g/mol. The predicted octanol–water partition coefficient (Wildman–Crippen LogP) is 2.04. The van der Waals surface area contributed by atoms with E-state index in [1.807, 2.05) is 6.20 Å². The van der Waals surface area contributed by atoms with Crippen LogP contribution in [0, 0.1) is 0 Å².